The first kappa shape index (κ1) is 27.5. The van der Waals surface area contributed by atoms with E-state index < -0.39 is 5.97 Å². The average Bonchev–Trinajstić information content (AvgIpc) is 2.76. The van der Waals surface area contributed by atoms with Gasteiger partial charge in [0, 0.05) is 0 Å². The van der Waals surface area contributed by atoms with Gasteiger partial charge in [0.25, 0.3) is 0 Å². The zero-order chi connectivity index (χ0) is 22.7. The Balaban J connectivity index is 2.50. The molecule has 0 heterocycles. The first-order chi connectivity index (χ1) is 15.1. The Morgan fingerprint density at radius 2 is 1.16 bits per heavy atom. The number of phenolic OH excluding ortho intramolecular Hbond substituents is 1. The number of hydrogen-bond donors (Lipinski definition) is 1. The molecule has 0 aliphatic heterocycles. The Hall–Kier alpha value is -1.51. The van der Waals surface area contributed by atoms with Gasteiger partial charge in [-0.25, -0.2) is 4.79 Å². The van der Waals surface area contributed by atoms with Gasteiger partial charge in [-0.05, 0) is 42.9 Å². The van der Waals surface area contributed by atoms with Crippen molar-refractivity contribution in [2.45, 2.75) is 129 Å². The molecular weight excluding hydrogens is 384 g/mol. The summed E-state index contributed by atoms with van der Waals surface area (Å²) in [5, 5.41) is 10.5. The number of aryl methyl sites for hydroxylation is 2. The van der Waals surface area contributed by atoms with Gasteiger partial charge in [-0.1, -0.05) is 110 Å². The largest absolute Gasteiger partial charge is 0.507 e. The topological polar surface area (TPSA) is 46.5 Å². The van der Waals surface area contributed by atoms with Gasteiger partial charge in [-0.15, -0.1) is 0 Å². The number of benzene rings is 1. The highest BCUT2D eigenvalue weighted by Gasteiger charge is 2.18. The van der Waals surface area contributed by atoms with Crippen molar-refractivity contribution in [3.05, 3.63) is 28.8 Å². The van der Waals surface area contributed by atoms with Crippen LogP contribution < -0.4 is 0 Å². The van der Waals surface area contributed by atoms with Gasteiger partial charge in [0.2, 0.25) is 0 Å². The zero-order valence-electron chi connectivity index (χ0n) is 20.6. The van der Waals surface area contributed by atoms with E-state index in [1.165, 1.54) is 97.0 Å². The molecule has 31 heavy (non-hydrogen) atoms. The predicted octanol–water partition coefficient (Wildman–Crippen LogP) is 8.55. The molecular formula is C28H48O3. The molecule has 0 bridgehead atoms. The molecule has 1 rings (SSSR count). The van der Waals surface area contributed by atoms with Crippen LogP contribution in [0.5, 0.6) is 5.75 Å². The first-order valence-electron chi connectivity index (χ1n) is 13.1. The minimum Gasteiger partial charge on any atom is -0.507 e. The van der Waals surface area contributed by atoms with E-state index >= 15 is 0 Å². The fourth-order valence-electron chi connectivity index (χ4n) is 4.34. The highest BCUT2D eigenvalue weighted by Crippen LogP contribution is 2.27. The van der Waals surface area contributed by atoms with E-state index in [0.717, 1.165) is 36.8 Å². The van der Waals surface area contributed by atoms with E-state index in [0.29, 0.717) is 5.56 Å². The lowest BCUT2D eigenvalue weighted by Crippen LogP contribution is -2.07. The van der Waals surface area contributed by atoms with Crippen LogP contribution in [0, 0.1) is 0 Å². The number of ether oxygens (including phenoxy) is 1. The molecule has 0 unspecified atom stereocenters. The van der Waals surface area contributed by atoms with Crippen LogP contribution in [0.15, 0.2) is 12.1 Å². The van der Waals surface area contributed by atoms with Crippen LogP contribution in [-0.2, 0) is 17.6 Å². The fraction of sp³-hybridized carbons (Fsp3) is 0.750. The van der Waals surface area contributed by atoms with Crippen molar-refractivity contribution in [3.8, 4) is 5.75 Å². The third kappa shape index (κ3) is 12.2. The number of esters is 1. The maximum atomic E-state index is 12.2. The number of unbranched alkanes of at least 4 members (excludes halogenated alkanes) is 14. The molecule has 178 valence electrons. The quantitative estimate of drug-likeness (QED) is 0.176. The normalized spacial score (nSPS) is 11.1. The highest BCUT2D eigenvalue weighted by atomic mass is 16.5. The third-order valence-corrected chi connectivity index (χ3v) is 6.27. The lowest BCUT2D eigenvalue weighted by Gasteiger charge is -2.13. The number of carbonyl (C=O) groups is 1. The minimum absolute atomic E-state index is 0.0819. The maximum absolute atomic E-state index is 12.2. The Morgan fingerprint density at radius 3 is 1.65 bits per heavy atom. The monoisotopic (exact) mass is 432 g/mol. The van der Waals surface area contributed by atoms with Gasteiger partial charge in [-0.3, -0.25) is 0 Å². The molecule has 1 N–H and O–H groups in total. The predicted molar refractivity (Wildman–Crippen MR) is 132 cm³/mol. The molecule has 0 saturated heterocycles. The highest BCUT2D eigenvalue weighted by molar-refractivity contribution is 5.94. The van der Waals surface area contributed by atoms with Gasteiger partial charge >= 0.3 is 5.97 Å². The van der Waals surface area contributed by atoms with E-state index in [2.05, 4.69) is 19.9 Å². The van der Waals surface area contributed by atoms with E-state index in [1.54, 1.807) is 6.07 Å². The van der Waals surface area contributed by atoms with Crippen LogP contribution in [0.2, 0.25) is 0 Å². The summed E-state index contributed by atoms with van der Waals surface area (Å²) in [5.41, 5.74) is 2.46. The standard InChI is InChI=1S/C28H48O3/c1-4-6-8-10-12-14-16-18-20-24-22-25(27(26(29)23-24)28(30)31-3)21-19-17-15-13-11-9-7-5-2/h22-23,29H,4-21H2,1-3H3. The minimum atomic E-state index is -0.425. The van der Waals surface area contributed by atoms with Crippen molar-refractivity contribution in [3.63, 3.8) is 0 Å². The van der Waals surface area contributed by atoms with Crippen LogP contribution in [0.3, 0.4) is 0 Å². The van der Waals surface area contributed by atoms with Crippen LogP contribution in [-0.4, -0.2) is 18.2 Å². The third-order valence-electron chi connectivity index (χ3n) is 6.27. The van der Waals surface area contributed by atoms with Crippen LogP contribution in [0.4, 0.5) is 0 Å². The van der Waals surface area contributed by atoms with Gasteiger partial charge in [0.1, 0.15) is 11.3 Å². The number of phenols is 1. The molecule has 0 aliphatic rings. The molecule has 0 atom stereocenters. The number of methoxy groups -OCH3 is 1. The van der Waals surface area contributed by atoms with E-state index in [4.69, 9.17) is 4.74 Å². The smallest absolute Gasteiger partial charge is 0.341 e. The van der Waals surface area contributed by atoms with Crippen molar-refractivity contribution in [2.75, 3.05) is 7.11 Å². The summed E-state index contributed by atoms with van der Waals surface area (Å²) in [6.07, 6.45) is 22.2. The summed E-state index contributed by atoms with van der Waals surface area (Å²) < 4.78 is 4.93. The number of carbonyl (C=O) groups excluding carboxylic acids is 1. The molecule has 0 radical (unpaired) electrons. The van der Waals surface area contributed by atoms with Crippen LogP contribution in [0.25, 0.3) is 0 Å². The van der Waals surface area contributed by atoms with E-state index in [1.807, 2.05) is 0 Å². The summed E-state index contributed by atoms with van der Waals surface area (Å²) in [6, 6.07) is 3.90. The molecule has 0 amide bonds. The van der Waals surface area contributed by atoms with Gasteiger partial charge in [0.05, 0.1) is 7.11 Å². The second-order valence-corrected chi connectivity index (χ2v) is 9.09. The number of aromatic hydroxyl groups is 1. The zero-order valence-corrected chi connectivity index (χ0v) is 20.6. The second kappa shape index (κ2) is 18.1. The SMILES string of the molecule is CCCCCCCCCCc1cc(O)c(C(=O)OC)c(CCCCCCCCCC)c1. The van der Waals surface area contributed by atoms with E-state index in [9.17, 15) is 9.90 Å². The Morgan fingerprint density at radius 1 is 0.710 bits per heavy atom. The second-order valence-electron chi connectivity index (χ2n) is 9.09. The summed E-state index contributed by atoms with van der Waals surface area (Å²) in [6.45, 7) is 4.50. The van der Waals surface area contributed by atoms with Crippen molar-refractivity contribution in [1.82, 2.24) is 0 Å². The number of rotatable bonds is 19. The Bertz CT molecular complexity index is 594. The summed E-state index contributed by atoms with van der Waals surface area (Å²) >= 11 is 0. The lowest BCUT2D eigenvalue weighted by molar-refractivity contribution is 0.0596. The maximum Gasteiger partial charge on any atom is 0.341 e. The number of hydrogen-bond acceptors (Lipinski definition) is 3. The molecule has 3 nitrogen and oxygen atoms in total. The molecule has 0 saturated carbocycles. The molecule has 1 aromatic rings. The Kier molecular flexibility index (Phi) is 16.1. The first-order valence-corrected chi connectivity index (χ1v) is 13.1. The average molecular weight is 433 g/mol. The van der Waals surface area contributed by atoms with Gasteiger partial charge < -0.3 is 9.84 Å². The fourth-order valence-corrected chi connectivity index (χ4v) is 4.34. The van der Waals surface area contributed by atoms with Crippen molar-refractivity contribution in [2.24, 2.45) is 0 Å². The molecule has 0 aromatic heterocycles. The van der Waals surface area contributed by atoms with Crippen molar-refractivity contribution < 1.29 is 14.6 Å². The molecule has 3 heteroatoms. The van der Waals surface area contributed by atoms with Crippen LogP contribution in [0.1, 0.15) is 138 Å². The van der Waals surface area contributed by atoms with Gasteiger partial charge in [0.15, 0.2) is 0 Å². The lowest BCUT2D eigenvalue weighted by atomic mass is 9.95. The molecule has 1 aromatic carbocycles. The van der Waals surface area contributed by atoms with Gasteiger partial charge in [-0.2, -0.15) is 0 Å². The summed E-state index contributed by atoms with van der Waals surface area (Å²) in [5.74, 6) is -0.343. The van der Waals surface area contributed by atoms with Crippen molar-refractivity contribution >= 4 is 5.97 Å². The molecule has 0 spiro atoms. The summed E-state index contributed by atoms with van der Waals surface area (Å²) in [4.78, 5) is 12.2. The Labute approximate surface area is 192 Å². The molecule has 0 aliphatic carbocycles. The molecule has 0 fully saturated rings. The summed E-state index contributed by atoms with van der Waals surface area (Å²) in [7, 11) is 1.39. The van der Waals surface area contributed by atoms with Crippen molar-refractivity contribution in [1.29, 1.82) is 0 Å². The van der Waals surface area contributed by atoms with Crippen LogP contribution >= 0.6 is 0 Å². The van der Waals surface area contributed by atoms with E-state index in [-0.39, 0.29) is 5.75 Å².